The Bertz CT molecular complexity index is 1260. The third kappa shape index (κ3) is 7.80. The molecule has 0 spiro atoms. The summed E-state index contributed by atoms with van der Waals surface area (Å²) in [7, 11) is -0.613. The topological polar surface area (TPSA) is 76.2 Å². The molecule has 37 heavy (non-hydrogen) atoms. The second-order valence-corrected chi connectivity index (χ2v) is 12.1. The maximum Gasteiger partial charge on any atom is 0.243 e. The van der Waals surface area contributed by atoms with Gasteiger partial charge in [-0.3, -0.25) is 4.79 Å². The van der Waals surface area contributed by atoms with Crippen LogP contribution in [0.2, 0.25) is 0 Å². The van der Waals surface area contributed by atoms with Crippen molar-refractivity contribution in [2.45, 2.75) is 44.6 Å². The lowest BCUT2D eigenvalue weighted by Crippen LogP contribution is -2.43. The van der Waals surface area contributed by atoms with E-state index in [1.807, 2.05) is 44.2 Å². The molecule has 3 aromatic rings. The first kappa shape index (κ1) is 28.7. The van der Waals surface area contributed by atoms with Gasteiger partial charge in [-0.2, -0.15) is 4.31 Å². The first-order valence-electron chi connectivity index (χ1n) is 12.4. The highest BCUT2D eigenvalue weighted by atomic mass is 32.2. The van der Waals surface area contributed by atoms with Crippen LogP contribution in [0.3, 0.4) is 0 Å². The Morgan fingerprint density at radius 3 is 2.30 bits per heavy atom. The van der Waals surface area contributed by atoms with E-state index in [1.165, 1.54) is 9.18 Å². The van der Waals surface area contributed by atoms with Gasteiger partial charge in [0.2, 0.25) is 15.9 Å². The minimum Gasteiger partial charge on any atom is -0.493 e. The summed E-state index contributed by atoms with van der Waals surface area (Å²) < 4.78 is 38.9. The second kappa shape index (κ2) is 13.6. The predicted molar refractivity (Wildman–Crippen MR) is 148 cm³/mol. The Morgan fingerprint density at radius 1 is 0.946 bits per heavy atom. The van der Waals surface area contributed by atoms with Crippen molar-refractivity contribution in [1.29, 1.82) is 0 Å². The summed E-state index contributed by atoms with van der Waals surface area (Å²) in [5, 5.41) is 0. The first-order valence-corrected chi connectivity index (χ1v) is 14.6. The molecule has 0 aliphatic carbocycles. The molecule has 1 amide bonds. The number of unbranched alkanes of at least 4 members (excludes halogenated alkanes) is 1. The highest BCUT2D eigenvalue weighted by Gasteiger charge is 2.28. The molecule has 1 aromatic heterocycles. The average Bonchev–Trinajstić information content (AvgIpc) is 3.33. The summed E-state index contributed by atoms with van der Waals surface area (Å²) in [6, 6.07) is 18.1. The molecule has 0 atom stereocenters. The number of amides is 1. The highest BCUT2D eigenvalue weighted by molar-refractivity contribution is 7.89. The van der Waals surface area contributed by atoms with Gasteiger partial charge in [0.05, 0.1) is 32.2 Å². The fourth-order valence-electron chi connectivity index (χ4n) is 3.96. The number of carbonyl (C=O) groups excluding carboxylic acids is 1. The molecule has 3 rings (SSSR count). The molecule has 0 fully saturated rings. The largest absolute Gasteiger partial charge is 0.493 e. The quantitative estimate of drug-likeness (QED) is 0.281. The third-order valence-corrected chi connectivity index (χ3v) is 8.91. The maximum atomic E-state index is 13.6. The number of sulfonamides is 1. The van der Waals surface area contributed by atoms with E-state index in [2.05, 4.69) is 0 Å². The Kier molecular flexibility index (Phi) is 10.5. The van der Waals surface area contributed by atoms with E-state index in [0.717, 1.165) is 16.9 Å². The van der Waals surface area contributed by atoms with Crippen molar-refractivity contribution < 1.29 is 22.7 Å². The summed E-state index contributed by atoms with van der Waals surface area (Å²) in [6.07, 6.45) is 2.10. The molecule has 2 aromatic carbocycles. The van der Waals surface area contributed by atoms with Gasteiger partial charge in [0, 0.05) is 22.8 Å². The molecule has 0 unspecified atom stereocenters. The van der Waals surface area contributed by atoms with Crippen molar-refractivity contribution in [2.24, 2.45) is 0 Å². The zero-order valence-electron chi connectivity index (χ0n) is 22.0. The fourth-order valence-corrected chi connectivity index (χ4v) is 6.32. The number of benzene rings is 2. The zero-order valence-corrected chi connectivity index (χ0v) is 23.6. The number of hydrogen-bond donors (Lipinski definition) is 0. The highest BCUT2D eigenvalue weighted by Crippen LogP contribution is 2.28. The molecule has 0 saturated heterocycles. The van der Waals surface area contributed by atoms with Crippen LogP contribution in [0.1, 0.15) is 35.1 Å². The maximum absolute atomic E-state index is 13.6. The number of thiophene rings is 1. The van der Waals surface area contributed by atoms with Gasteiger partial charge in [0.25, 0.3) is 0 Å². The van der Waals surface area contributed by atoms with Crippen LogP contribution in [-0.4, -0.2) is 57.4 Å². The standard InChI is InChI=1S/C28H36N2O5S2/c1-5-6-17-30(37(32,33)25-10-8-7-9-11-25)21-28(31)29(20-24-14-12-22(2)36-24)18-16-23-13-15-26(34-3)27(19-23)35-4/h7-15,19H,5-6,16-18,20-21H2,1-4H3. The first-order chi connectivity index (χ1) is 17.8. The minimum atomic E-state index is -3.80. The number of hydrogen-bond acceptors (Lipinski definition) is 6. The van der Waals surface area contributed by atoms with Crippen LogP contribution in [0, 0.1) is 6.92 Å². The molecule has 1 heterocycles. The van der Waals surface area contributed by atoms with E-state index in [0.29, 0.717) is 44.0 Å². The van der Waals surface area contributed by atoms with Crippen molar-refractivity contribution in [1.82, 2.24) is 9.21 Å². The van der Waals surface area contributed by atoms with Crippen LogP contribution in [0.4, 0.5) is 0 Å². The predicted octanol–water partition coefficient (Wildman–Crippen LogP) is 5.14. The molecule has 9 heteroatoms. The average molecular weight is 545 g/mol. The molecule has 200 valence electrons. The van der Waals surface area contributed by atoms with E-state index >= 15 is 0 Å². The van der Waals surface area contributed by atoms with Gasteiger partial charge in [-0.1, -0.05) is 37.6 Å². The van der Waals surface area contributed by atoms with Crippen molar-refractivity contribution in [3.8, 4) is 11.5 Å². The van der Waals surface area contributed by atoms with Crippen LogP contribution in [0.5, 0.6) is 11.5 Å². The number of nitrogens with zero attached hydrogens (tertiary/aromatic N) is 2. The van der Waals surface area contributed by atoms with Gasteiger partial charge < -0.3 is 14.4 Å². The smallest absolute Gasteiger partial charge is 0.243 e. The third-order valence-electron chi connectivity index (χ3n) is 6.07. The summed E-state index contributed by atoms with van der Waals surface area (Å²) >= 11 is 1.64. The molecule has 0 aliphatic rings. The summed E-state index contributed by atoms with van der Waals surface area (Å²) in [5.41, 5.74) is 0.998. The van der Waals surface area contributed by atoms with Crippen molar-refractivity contribution in [3.05, 3.63) is 76.0 Å². The van der Waals surface area contributed by atoms with Crippen molar-refractivity contribution in [3.63, 3.8) is 0 Å². The Hall–Kier alpha value is -2.88. The summed E-state index contributed by atoms with van der Waals surface area (Å²) in [5.74, 6) is 1.06. The van der Waals surface area contributed by atoms with E-state index in [1.54, 1.807) is 60.8 Å². The number of carbonyl (C=O) groups is 1. The van der Waals surface area contributed by atoms with E-state index in [9.17, 15) is 13.2 Å². The van der Waals surface area contributed by atoms with Crippen molar-refractivity contribution in [2.75, 3.05) is 33.9 Å². The molecule has 7 nitrogen and oxygen atoms in total. The minimum absolute atomic E-state index is 0.199. The van der Waals surface area contributed by atoms with Gasteiger partial charge in [-0.05, 0) is 61.7 Å². The molecule has 0 aliphatic heterocycles. The van der Waals surface area contributed by atoms with Gasteiger partial charge >= 0.3 is 0 Å². The lowest BCUT2D eigenvalue weighted by atomic mass is 10.1. The normalized spacial score (nSPS) is 11.5. The number of methoxy groups -OCH3 is 2. The van der Waals surface area contributed by atoms with Crippen LogP contribution in [-0.2, 0) is 27.8 Å². The molecular formula is C28H36N2O5S2. The van der Waals surface area contributed by atoms with Gasteiger partial charge in [0.1, 0.15) is 0 Å². The van der Waals surface area contributed by atoms with Crippen LogP contribution >= 0.6 is 11.3 Å². The van der Waals surface area contributed by atoms with Crippen LogP contribution < -0.4 is 9.47 Å². The van der Waals surface area contributed by atoms with Gasteiger partial charge in [-0.15, -0.1) is 11.3 Å². The summed E-state index contributed by atoms with van der Waals surface area (Å²) in [4.78, 5) is 17.8. The number of ether oxygens (including phenoxy) is 2. The number of rotatable bonds is 14. The second-order valence-electron chi connectivity index (χ2n) is 8.77. The molecule has 0 radical (unpaired) electrons. The van der Waals surface area contributed by atoms with Gasteiger partial charge in [0.15, 0.2) is 11.5 Å². The SMILES string of the molecule is CCCCN(CC(=O)N(CCc1ccc(OC)c(OC)c1)Cc1ccc(C)s1)S(=O)(=O)c1ccccc1. The molecule has 0 bridgehead atoms. The lowest BCUT2D eigenvalue weighted by molar-refractivity contribution is -0.132. The zero-order chi connectivity index (χ0) is 26.8. The lowest BCUT2D eigenvalue weighted by Gasteiger charge is -2.27. The molecule has 0 N–H and O–H groups in total. The van der Waals surface area contributed by atoms with Gasteiger partial charge in [-0.25, -0.2) is 8.42 Å². The molecular weight excluding hydrogens is 508 g/mol. The van der Waals surface area contributed by atoms with Crippen molar-refractivity contribution >= 4 is 27.3 Å². The summed E-state index contributed by atoms with van der Waals surface area (Å²) in [6.45, 7) is 5.00. The van der Waals surface area contributed by atoms with Crippen LogP contribution in [0.15, 0.2) is 65.6 Å². The Morgan fingerprint density at radius 2 is 1.68 bits per heavy atom. The Balaban J connectivity index is 1.83. The fraction of sp³-hybridized carbons (Fsp3) is 0.393. The monoisotopic (exact) mass is 544 g/mol. The number of aryl methyl sites for hydroxylation is 1. The Labute approximate surface area is 224 Å². The van der Waals surface area contributed by atoms with E-state index in [-0.39, 0.29) is 17.3 Å². The van der Waals surface area contributed by atoms with E-state index < -0.39 is 10.0 Å². The molecule has 0 saturated carbocycles. The van der Waals surface area contributed by atoms with Crippen LogP contribution in [0.25, 0.3) is 0 Å². The van der Waals surface area contributed by atoms with E-state index in [4.69, 9.17) is 9.47 Å².